The van der Waals surface area contributed by atoms with E-state index in [1.54, 1.807) is 25.3 Å². The fraction of sp³-hybridized carbons (Fsp3) is 0.600. The molecule has 138 valence electrons. The van der Waals surface area contributed by atoms with E-state index in [0.29, 0.717) is 18.3 Å². The summed E-state index contributed by atoms with van der Waals surface area (Å²) in [6.07, 6.45) is 1.63. The zero-order valence-electron chi connectivity index (χ0n) is 14.2. The summed E-state index contributed by atoms with van der Waals surface area (Å²) in [6.45, 7) is 3.91. The Morgan fingerprint density at radius 1 is 1.40 bits per heavy atom. The van der Waals surface area contributed by atoms with Crippen molar-refractivity contribution in [2.45, 2.75) is 32.4 Å². The zero-order valence-corrected chi connectivity index (χ0v) is 17.4. The van der Waals surface area contributed by atoms with Crippen LogP contribution in [0.15, 0.2) is 20.4 Å². The van der Waals surface area contributed by atoms with Gasteiger partial charge in [0.25, 0.3) is 0 Å². The predicted molar refractivity (Wildman–Crippen MR) is 101 cm³/mol. The Balaban J connectivity index is 1.55. The number of nitrogens with zero attached hydrogens (tertiary/aromatic N) is 4. The van der Waals surface area contributed by atoms with Crippen molar-refractivity contribution in [3.05, 3.63) is 21.8 Å². The number of piperidine rings is 1. The second kappa shape index (κ2) is 7.83. The lowest BCUT2D eigenvalue weighted by Gasteiger charge is -2.35. The monoisotopic (exact) mass is 448 g/mol. The van der Waals surface area contributed by atoms with E-state index in [4.69, 9.17) is 4.52 Å². The van der Waals surface area contributed by atoms with Crippen LogP contribution in [0.3, 0.4) is 0 Å². The summed E-state index contributed by atoms with van der Waals surface area (Å²) in [5, 5.41) is 4.04. The van der Waals surface area contributed by atoms with Gasteiger partial charge in [-0.3, -0.25) is 4.90 Å². The van der Waals surface area contributed by atoms with E-state index in [1.165, 1.54) is 4.31 Å². The number of rotatable bonds is 6. The molecule has 0 amide bonds. The molecule has 1 aliphatic rings. The third-order valence-electron chi connectivity index (χ3n) is 4.50. The Hall–Kier alpha value is -0.810. The molecule has 3 heterocycles. The minimum atomic E-state index is -3.13. The third-order valence-corrected chi connectivity index (χ3v) is 8.02. The van der Waals surface area contributed by atoms with Crippen molar-refractivity contribution < 1.29 is 12.9 Å². The molecule has 3 rings (SSSR count). The maximum absolute atomic E-state index is 12.0. The Morgan fingerprint density at radius 3 is 2.72 bits per heavy atom. The van der Waals surface area contributed by atoms with Crippen LogP contribution in [0.4, 0.5) is 0 Å². The molecule has 0 saturated carbocycles. The summed E-state index contributed by atoms with van der Waals surface area (Å²) in [6, 6.07) is 3.99. The van der Waals surface area contributed by atoms with E-state index in [9.17, 15) is 8.42 Å². The summed E-state index contributed by atoms with van der Waals surface area (Å²) in [4.78, 5) is 7.65. The topological polar surface area (TPSA) is 79.5 Å². The Bertz CT molecular complexity index is 812. The Labute approximate surface area is 160 Å². The molecule has 1 saturated heterocycles. The van der Waals surface area contributed by atoms with Gasteiger partial charge in [-0.1, -0.05) is 5.16 Å². The van der Waals surface area contributed by atoms with Crippen molar-refractivity contribution in [3.8, 4) is 10.7 Å². The number of likely N-dealkylation sites (tertiary alicyclic amines) is 1. The van der Waals surface area contributed by atoms with Gasteiger partial charge in [0.1, 0.15) is 0 Å². The predicted octanol–water partition coefficient (Wildman–Crippen LogP) is 2.81. The molecule has 0 aromatic carbocycles. The first-order valence-corrected chi connectivity index (χ1v) is 11.4. The molecule has 0 unspecified atom stereocenters. The van der Waals surface area contributed by atoms with Gasteiger partial charge in [0, 0.05) is 26.2 Å². The molecule has 25 heavy (non-hydrogen) atoms. The van der Waals surface area contributed by atoms with Crippen LogP contribution in [0.1, 0.15) is 25.7 Å². The highest BCUT2D eigenvalue weighted by Gasteiger charge is 2.29. The number of sulfonamides is 1. The lowest BCUT2D eigenvalue weighted by Crippen LogP contribution is -2.45. The molecule has 2 aromatic rings. The highest BCUT2D eigenvalue weighted by molar-refractivity contribution is 9.11. The van der Waals surface area contributed by atoms with Crippen LogP contribution in [0.2, 0.25) is 0 Å². The van der Waals surface area contributed by atoms with Crippen molar-refractivity contribution in [3.63, 3.8) is 0 Å². The van der Waals surface area contributed by atoms with Crippen LogP contribution in [0.5, 0.6) is 0 Å². The summed E-state index contributed by atoms with van der Waals surface area (Å²) >= 11 is 4.99. The smallest absolute Gasteiger partial charge is 0.241 e. The van der Waals surface area contributed by atoms with Gasteiger partial charge < -0.3 is 4.52 Å². The van der Waals surface area contributed by atoms with Crippen LogP contribution in [-0.2, 0) is 16.6 Å². The summed E-state index contributed by atoms with van der Waals surface area (Å²) in [7, 11) is -1.45. The van der Waals surface area contributed by atoms with Crippen molar-refractivity contribution in [1.29, 1.82) is 0 Å². The van der Waals surface area contributed by atoms with Crippen molar-refractivity contribution in [1.82, 2.24) is 19.3 Å². The van der Waals surface area contributed by atoms with Crippen LogP contribution in [0, 0.1) is 0 Å². The van der Waals surface area contributed by atoms with Crippen LogP contribution >= 0.6 is 27.3 Å². The minimum absolute atomic E-state index is 0.0721. The van der Waals surface area contributed by atoms with Crippen LogP contribution < -0.4 is 0 Å². The summed E-state index contributed by atoms with van der Waals surface area (Å²) in [5.74, 6) is 1.34. The van der Waals surface area contributed by atoms with Crippen LogP contribution in [-0.4, -0.2) is 59.7 Å². The first kappa shape index (κ1) is 19.0. The van der Waals surface area contributed by atoms with Crippen LogP contribution in [0.25, 0.3) is 10.7 Å². The molecule has 2 aromatic heterocycles. The highest BCUT2D eigenvalue weighted by atomic mass is 79.9. The lowest BCUT2D eigenvalue weighted by atomic mass is 10.1. The number of aromatic nitrogens is 2. The van der Waals surface area contributed by atoms with Crippen molar-refractivity contribution in [2.75, 3.05) is 25.9 Å². The molecular formula is C15H21BrN4O3S2. The molecule has 0 atom stereocenters. The average molecular weight is 449 g/mol. The average Bonchev–Trinajstić information content (AvgIpc) is 3.24. The van der Waals surface area contributed by atoms with Gasteiger partial charge >= 0.3 is 0 Å². The van der Waals surface area contributed by atoms with E-state index < -0.39 is 10.0 Å². The van der Waals surface area contributed by atoms with Gasteiger partial charge in [0.2, 0.25) is 21.7 Å². The first-order chi connectivity index (χ1) is 11.9. The molecule has 1 aliphatic heterocycles. The Morgan fingerprint density at radius 2 is 2.12 bits per heavy atom. The molecule has 10 heteroatoms. The molecule has 0 N–H and O–H groups in total. The summed E-state index contributed by atoms with van der Waals surface area (Å²) in [5.41, 5.74) is 0. The lowest BCUT2D eigenvalue weighted by molar-refractivity contribution is 0.149. The van der Waals surface area contributed by atoms with Crippen molar-refractivity contribution in [2.24, 2.45) is 0 Å². The first-order valence-electron chi connectivity index (χ1n) is 8.15. The molecule has 0 aliphatic carbocycles. The fourth-order valence-electron chi connectivity index (χ4n) is 2.92. The molecule has 7 nitrogen and oxygen atoms in total. The van der Waals surface area contributed by atoms with Crippen molar-refractivity contribution >= 4 is 37.3 Å². The maximum Gasteiger partial charge on any atom is 0.241 e. The van der Waals surface area contributed by atoms with E-state index >= 15 is 0 Å². The van der Waals surface area contributed by atoms with Gasteiger partial charge in [-0.05, 0) is 47.8 Å². The number of halogens is 1. The van der Waals surface area contributed by atoms with Gasteiger partial charge in [-0.2, -0.15) is 4.98 Å². The second-order valence-corrected chi connectivity index (χ2v) is 10.8. The quantitative estimate of drug-likeness (QED) is 0.675. The number of hydrogen-bond donors (Lipinski definition) is 0. The van der Waals surface area contributed by atoms with E-state index in [0.717, 1.165) is 34.6 Å². The van der Waals surface area contributed by atoms with E-state index in [2.05, 4.69) is 31.0 Å². The highest BCUT2D eigenvalue weighted by Crippen LogP contribution is 2.29. The zero-order chi connectivity index (χ0) is 18.0. The summed E-state index contributed by atoms with van der Waals surface area (Å²) < 4.78 is 31.9. The normalized spacial score (nSPS) is 17.4. The largest absolute Gasteiger partial charge is 0.338 e. The second-order valence-electron chi connectivity index (χ2n) is 6.04. The molecule has 0 spiro atoms. The van der Waals surface area contributed by atoms with E-state index in [1.807, 2.05) is 12.1 Å². The molecular weight excluding hydrogens is 428 g/mol. The van der Waals surface area contributed by atoms with Gasteiger partial charge in [-0.15, -0.1) is 11.3 Å². The number of thiophene rings is 1. The minimum Gasteiger partial charge on any atom is -0.338 e. The Kier molecular flexibility index (Phi) is 5.94. The van der Waals surface area contributed by atoms with Gasteiger partial charge in [0.15, 0.2) is 0 Å². The SMILES string of the molecule is CCS(=O)(=O)N(C)C1CCN(Cc2nc(-c3ccc(Br)s3)no2)CC1. The van der Waals surface area contributed by atoms with Gasteiger partial charge in [0.05, 0.1) is 21.0 Å². The molecule has 1 fully saturated rings. The maximum atomic E-state index is 12.0. The third kappa shape index (κ3) is 4.48. The van der Waals surface area contributed by atoms with Gasteiger partial charge in [-0.25, -0.2) is 12.7 Å². The molecule has 0 radical (unpaired) electrons. The number of hydrogen-bond acceptors (Lipinski definition) is 7. The van der Waals surface area contributed by atoms with E-state index in [-0.39, 0.29) is 11.8 Å². The fourth-order valence-corrected chi connectivity index (χ4v) is 5.30. The molecule has 0 bridgehead atoms. The standard InChI is InChI=1S/C15H21BrN4O3S2/c1-3-25(21,22)19(2)11-6-8-20(9-7-11)10-14-17-15(18-23-14)12-4-5-13(16)24-12/h4-5,11H,3,6-10H2,1-2H3.